The lowest BCUT2D eigenvalue weighted by Gasteiger charge is -2.01. The summed E-state index contributed by atoms with van der Waals surface area (Å²) in [7, 11) is 0. The first-order chi connectivity index (χ1) is 4.84. The summed E-state index contributed by atoms with van der Waals surface area (Å²) in [5.41, 5.74) is 2.49. The van der Waals surface area contributed by atoms with Gasteiger partial charge in [0.2, 0.25) is 0 Å². The quantitative estimate of drug-likeness (QED) is 0.476. The SMILES string of the molecule is O=COC(I)c1cscn1. The van der Waals surface area contributed by atoms with E-state index >= 15 is 0 Å². The molecule has 0 N–H and O–H groups in total. The van der Waals surface area contributed by atoms with Crippen LogP contribution in [0.1, 0.15) is 9.80 Å². The van der Waals surface area contributed by atoms with Gasteiger partial charge in [-0.05, 0) is 22.6 Å². The van der Waals surface area contributed by atoms with Crippen LogP contribution in [0.15, 0.2) is 10.9 Å². The van der Waals surface area contributed by atoms with Gasteiger partial charge in [0.25, 0.3) is 6.47 Å². The molecule has 5 heteroatoms. The zero-order valence-corrected chi connectivity index (χ0v) is 7.83. The molecule has 1 unspecified atom stereocenters. The highest BCUT2D eigenvalue weighted by Crippen LogP contribution is 2.22. The lowest BCUT2D eigenvalue weighted by Crippen LogP contribution is -1.93. The number of hydrogen-bond donors (Lipinski definition) is 0. The fourth-order valence-electron chi connectivity index (χ4n) is 0.452. The summed E-state index contributed by atoms with van der Waals surface area (Å²) in [5.74, 6) is 0. The molecule has 0 aromatic carbocycles. The third-order valence-corrected chi connectivity index (χ3v) is 2.40. The minimum atomic E-state index is -0.249. The second-order valence-corrected chi connectivity index (χ2v) is 3.31. The topological polar surface area (TPSA) is 39.2 Å². The van der Waals surface area contributed by atoms with Crippen LogP contribution in [0.2, 0.25) is 0 Å². The number of aromatic nitrogens is 1. The normalized spacial score (nSPS) is 12.5. The molecule has 0 aliphatic heterocycles. The smallest absolute Gasteiger partial charge is 0.294 e. The van der Waals surface area contributed by atoms with Gasteiger partial charge in [0.05, 0.1) is 5.51 Å². The number of ether oxygens (including phenoxy) is 1. The van der Waals surface area contributed by atoms with Crippen molar-refractivity contribution in [1.82, 2.24) is 4.98 Å². The number of carbonyl (C=O) groups is 1. The number of thiazole rings is 1. The maximum absolute atomic E-state index is 9.86. The molecule has 3 nitrogen and oxygen atoms in total. The Bertz CT molecular complexity index is 201. The van der Waals surface area contributed by atoms with Crippen LogP contribution < -0.4 is 0 Å². The van der Waals surface area contributed by atoms with E-state index in [1.54, 1.807) is 5.51 Å². The Labute approximate surface area is 75.6 Å². The number of hydrogen-bond acceptors (Lipinski definition) is 4. The Balaban J connectivity index is 2.58. The average molecular weight is 269 g/mol. The van der Waals surface area contributed by atoms with Crippen molar-refractivity contribution in [2.24, 2.45) is 0 Å². The van der Waals surface area contributed by atoms with Crippen molar-refractivity contribution in [3.8, 4) is 0 Å². The van der Waals surface area contributed by atoms with Gasteiger partial charge in [0.15, 0.2) is 4.11 Å². The van der Waals surface area contributed by atoms with Gasteiger partial charge in [0.1, 0.15) is 5.69 Å². The average Bonchev–Trinajstić information content (AvgIpc) is 2.38. The first-order valence-corrected chi connectivity index (χ1v) is 4.64. The number of alkyl halides is 1. The van der Waals surface area contributed by atoms with E-state index in [1.807, 2.05) is 28.0 Å². The molecule has 0 fully saturated rings. The summed E-state index contributed by atoms with van der Waals surface area (Å²) in [6.45, 7) is 0.427. The van der Waals surface area contributed by atoms with Crippen LogP contribution in [0, 0.1) is 0 Å². The van der Waals surface area contributed by atoms with Gasteiger partial charge in [-0.2, -0.15) is 0 Å². The Hall–Kier alpha value is -0.170. The monoisotopic (exact) mass is 269 g/mol. The third-order valence-electron chi connectivity index (χ3n) is 0.859. The molecule has 0 radical (unpaired) electrons. The van der Waals surface area contributed by atoms with E-state index in [0.29, 0.717) is 6.47 Å². The Morgan fingerprint density at radius 1 is 1.90 bits per heavy atom. The van der Waals surface area contributed by atoms with Crippen LogP contribution in [0.4, 0.5) is 0 Å². The predicted molar refractivity (Wildman–Crippen MR) is 46.0 cm³/mol. The van der Waals surface area contributed by atoms with Crippen LogP contribution >= 0.6 is 33.9 Å². The Morgan fingerprint density at radius 3 is 3.20 bits per heavy atom. The Kier molecular flexibility index (Phi) is 3.07. The van der Waals surface area contributed by atoms with Crippen LogP contribution in [0.25, 0.3) is 0 Å². The molecule has 1 aromatic rings. The molecule has 0 bridgehead atoms. The fraction of sp³-hybridized carbons (Fsp3) is 0.200. The molecule has 0 aliphatic rings. The van der Waals surface area contributed by atoms with Gasteiger partial charge in [-0.3, -0.25) is 4.79 Å². The van der Waals surface area contributed by atoms with Crippen molar-refractivity contribution < 1.29 is 9.53 Å². The molecule has 1 heterocycles. The van der Waals surface area contributed by atoms with E-state index < -0.39 is 0 Å². The molecule has 0 saturated carbocycles. The number of rotatable bonds is 3. The zero-order chi connectivity index (χ0) is 7.40. The van der Waals surface area contributed by atoms with Crippen LogP contribution in [-0.2, 0) is 9.53 Å². The highest BCUT2D eigenvalue weighted by molar-refractivity contribution is 14.1. The van der Waals surface area contributed by atoms with E-state index in [9.17, 15) is 4.79 Å². The standard InChI is InChI=1S/C5H4INO2S/c6-5(9-3-8)4-1-10-2-7-4/h1-3,5H. The first-order valence-electron chi connectivity index (χ1n) is 2.46. The molecule has 54 valence electrons. The molecule has 1 aromatic heterocycles. The van der Waals surface area contributed by atoms with Crippen molar-refractivity contribution in [3.05, 3.63) is 16.6 Å². The molecule has 1 atom stereocenters. The molecule has 0 aliphatic carbocycles. The van der Waals surface area contributed by atoms with Crippen molar-refractivity contribution in [2.45, 2.75) is 4.11 Å². The second kappa shape index (κ2) is 3.87. The highest BCUT2D eigenvalue weighted by atomic mass is 127. The Morgan fingerprint density at radius 2 is 2.70 bits per heavy atom. The number of halogens is 1. The van der Waals surface area contributed by atoms with E-state index in [2.05, 4.69) is 9.72 Å². The molecular weight excluding hydrogens is 265 g/mol. The summed E-state index contributed by atoms with van der Waals surface area (Å²) >= 11 is 3.48. The van der Waals surface area contributed by atoms with Gasteiger partial charge < -0.3 is 4.74 Å². The summed E-state index contributed by atoms with van der Waals surface area (Å²) in [6.07, 6.45) is 0. The van der Waals surface area contributed by atoms with E-state index in [4.69, 9.17) is 0 Å². The molecule has 10 heavy (non-hydrogen) atoms. The molecule has 0 amide bonds. The number of carbonyl (C=O) groups excluding carboxylic acids is 1. The van der Waals surface area contributed by atoms with E-state index in [1.165, 1.54) is 11.3 Å². The first kappa shape index (κ1) is 7.93. The van der Waals surface area contributed by atoms with E-state index in [0.717, 1.165) is 5.69 Å². The maximum Gasteiger partial charge on any atom is 0.294 e. The van der Waals surface area contributed by atoms with Crippen molar-refractivity contribution in [2.75, 3.05) is 0 Å². The summed E-state index contributed by atoms with van der Waals surface area (Å²) < 4.78 is 4.39. The highest BCUT2D eigenvalue weighted by Gasteiger charge is 2.07. The lowest BCUT2D eigenvalue weighted by molar-refractivity contribution is -0.129. The van der Waals surface area contributed by atoms with Crippen molar-refractivity contribution in [1.29, 1.82) is 0 Å². The van der Waals surface area contributed by atoms with Gasteiger partial charge >= 0.3 is 0 Å². The summed E-state index contributed by atoms with van der Waals surface area (Å²) in [5, 5.41) is 1.85. The van der Waals surface area contributed by atoms with Crippen molar-refractivity contribution in [3.63, 3.8) is 0 Å². The second-order valence-electron chi connectivity index (χ2n) is 1.46. The molecule has 0 saturated heterocycles. The minimum absolute atomic E-state index is 0.249. The third kappa shape index (κ3) is 1.91. The van der Waals surface area contributed by atoms with Crippen molar-refractivity contribution >= 4 is 40.4 Å². The molecular formula is C5H4INO2S. The van der Waals surface area contributed by atoms with Gasteiger partial charge in [0, 0.05) is 5.38 Å². The largest absolute Gasteiger partial charge is 0.447 e. The molecule has 0 spiro atoms. The zero-order valence-electron chi connectivity index (χ0n) is 4.86. The summed E-state index contributed by atoms with van der Waals surface area (Å²) in [6, 6.07) is 0. The summed E-state index contributed by atoms with van der Waals surface area (Å²) in [4.78, 5) is 13.8. The van der Waals surface area contributed by atoms with Crippen LogP contribution in [0.3, 0.4) is 0 Å². The van der Waals surface area contributed by atoms with E-state index in [-0.39, 0.29) is 4.11 Å². The lowest BCUT2D eigenvalue weighted by atomic mass is 10.5. The van der Waals surface area contributed by atoms with Gasteiger partial charge in [-0.25, -0.2) is 4.98 Å². The van der Waals surface area contributed by atoms with Gasteiger partial charge in [-0.1, -0.05) is 0 Å². The maximum atomic E-state index is 9.86. The number of nitrogens with zero attached hydrogens (tertiary/aromatic N) is 1. The fourth-order valence-corrected chi connectivity index (χ4v) is 1.72. The van der Waals surface area contributed by atoms with Gasteiger partial charge in [-0.15, -0.1) is 11.3 Å². The molecule has 1 rings (SSSR count). The van der Waals surface area contributed by atoms with Crippen LogP contribution in [0.5, 0.6) is 0 Å². The van der Waals surface area contributed by atoms with Crippen LogP contribution in [-0.4, -0.2) is 11.5 Å². The minimum Gasteiger partial charge on any atom is -0.447 e. The predicted octanol–water partition coefficient (Wildman–Crippen LogP) is 1.75.